The molecule has 0 bridgehead atoms. The van der Waals surface area contributed by atoms with Gasteiger partial charge in [-0.3, -0.25) is 9.36 Å². The van der Waals surface area contributed by atoms with Gasteiger partial charge in [0.05, 0.1) is 35.0 Å². The molecule has 0 spiro atoms. The standard InChI is InChI=1S/C27H29Cl2N5O6S/c1-17-30-14-22-15-33(27(37)34(17)22)21-6-9-32(10-7-21)25(35)24(31-26(36)40-11-8-28)16-41(38,39)23-5-3-18-12-20(29)4-2-19(18)13-23/h2-5,12-14,21,24H,6-11,15-16H2,1H3,(H,31,36)/t24-/m1/s1. The van der Waals surface area contributed by atoms with Crippen LogP contribution in [-0.4, -0.2) is 89.2 Å². The number of amides is 3. The Morgan fingerprint density at radius 1 is 1.15 bits per heavy atom. The maximum Gasteiger partial charge on any atom is 0.407 e. The lowest BCUT2D eigenvalue weighted by Crippen LogP contribution is -2.55. The van der Waals surface area contributed by atoms with Gasteiger partial charge in [0.1, 0.15) is 18.5 Å². The maximum atomic E-state index is 13.6. The molecule has 1 saturated heterocycles. The molecule has 2 aliphatic rings. The number of hydrogen-bond acceptors (Lipinski definition) is 7. The Morgan fingerprint density at radius 2 is 1.85 bits per heavy atom. The number of aromatic nitrogens is 2. The number of likely N-dealkylation sites (tertiary alicyclic amines) is 1. The number of aryl methyl sites for hydroxylation is 1. The average Bonchev–Trinajstić information content (AvgIpc) is 3.49. The molecule has 5 rings (SSSR count). The first-order chi connectivity index (χ1) is 19.6. The summed E-state index contributed by atoms with van der Waals surface area (Å²) in [6.07, 6.45) is 1.78. The molecule has 2 aromatic carbocycles. The van der Waals surface area contributed by atoms with Crippen molar-refractivity contribution in [3.8, 4) is 0 Å². The molecule has 11 nitrogen and oxygen atoms in total. The van der Waals surface area contributed by atoms with Gasteiger partial charge in [0, 0.05) is 24.2 Å². The van der Waals surface area contributed by atoms with E-state index in [1.165, 1.54) is 17.0 Å². The van der Waals surface area contributed by atoms with Crippen molar-refractivity contribution in [2.75, 3.05) is 31.3 Å². The number of sulfone groups is 1. The number of rotatable bonds is 8. The Kier molecular flexibility index (Phi) is 8.44. The predicted octanol–water partition coefficient (Wildman–Crippen LogP) is 3.58. The number of nitrogens with one attached hydrogen (secondary N) is 1. The molecular formula is C27H29Cl2N5O6S. The van der Waals surface area contributed by atoms with Gasteiger partial charge in [-0.15, -0.1) is 11.6 Å². The number of fused-ring (bicyclic) bond motifs is 2. The van der Waals surface area contributed by atoms with Gasteiger partial charge in [-0.25, -0.2) is 23.0 Å². The molecule has 14 heteroatoms. The first-order valence-corrected chi connectivity index (χ1v) is 15.7. The second kappa shape index (κ2) is 11.9. The predicted molar refractivity (Wildman–Crippen MR) is 153 cm³/mol. The van der Waals surface area contributed by atoms with Gasteiger partial charge in [-0.05, 0) is 54.8 Å². The lowest BCUT2D eigenvalue weighted by molar-refractivity contribution is -0.134. The second-order valence-electron chi connectivity index (χ2n) is 10.1. The normalized spacial score (nSPS) is 16.6. The van der Waals surface area contributed by atoms with Crippen LogP contribution >= 0.6 is 23.2 Å². The van der Waals surface area contributed by atoms with Crippen LogP contribution in [-0.2, 0) is 25.9 Å². The van der Waals surface area contributed by atoms with Crippen LogP contribution in [0.15, 0.2) is 47.5 Å². The van der Waals surface area contributed by atoms with E-state index < -0.39 is 33.6 Å². The van der Waals surface area contributed by atoms with Gasteiger partial charge in [-0.1, -0.05) is 23.7 Å². The highest BCUT2D eigenvalue weighted by Gasteiger charge is 2.38. The van der Waals surface area contributed by atoms with E-state index in [9.17, 15) is 22.8 Å². The number of alkyl carbamates (subject to hydrolysis) is 1. The van der Waals surface area contributed by atoms with Gasteiger partial charge in [0.15, 0.2) is 9.84 Å². The lowest BCUT2D eigenvalue weighted by Gasteiger charge is -2.37. The summed E-state index contributed by atoms with van der Waals surface area (Å²) < 4.78 is 33.5. The number of carbonyl (C=O) groups is 3. The molecule has 2 aliphatic heterocycles. The number of carbonyl (C=O) groups excluding carboxylic acids is 3. The first-order valence-electron chi connectivity index (χ1n) is 13.1. The number of ether oxygens (including phenoxy) is 1. The van der Waals surface area contributed by atoms with E-state index in [0.717, 1.165) is 11.1 Å². The van der Waals surface area contributed by atoms with Crippen molar-refractivity contribution in [1.82, 2.24) is 24.7 Å². The molecule has 0 unspecified atom stereocenters. The van der Waals surface area contributed by atoms with E-state index in [-0.39, 0.29) is 29.5 Å². The number of hydrogen-bond donors (Lipinski definition) is 1. The number of piperidine rings is 1. The minimum atomic E-state index is -4.01. The lowest BCUT2D eigenvalue weighted by atomic mass is 10.0. The molecule has 1 N–H and O–H groups in total. The molecule has 0 saturated carbocycles. The summed E-state index contributed by atoms with van der Waals surface area (Å²) >= 11 is 11.6. The number of halogens is 2. The fraction of sp³-hybridized carbons (Fsp3) is 0.407. The van der Waals surface area contributed by atoms with Crippen molar-refractivity contribution in [1.29, 1.82) is 0 Å². The number of nitrogens with zero attached hydrogens (tertiary/aromatic N) is 4. The summed E-state index contributed by atoms with van der Waals surface area (Å²) in [5, 5.41) is 4.39. The largest absolute Gasteiger partial charge is 0.448 e. The van der Waals surface area contributed by atoms with Crippen LogP contribution in [0.3, 0.4) is 0 Å². The average molecular weight is 623 g/mol. The van der Waals surface area contributed by atoms with E-state index >= 15 is 0 Å². The third-order valence-corrected chi connectivity index (χ3v) is 9.55. The minimum Gasteiger partial charge on any atom is -0.448 e. The zero-order valence-electron chi connectivity index (χ0n) is 22.3. The monoisotopic (exact) mass is 621 g/mol. The van der Waals surface area contributed by atoms with Gasteiger partial charge in [0.25, 0.3) is 0 Å². The molecule has 41 heavy (non-hydrogen) atoms. The highest BCUT2D eigenvalue weighted by molar-refractivity contribution is 7.91. The maximum absolute atomic E-state index is 13.6. The first kappa shape index (κ1) is 29.2. The Morgan fingerprint density at radius 3 is 2.56 bits per heavy atom. The van der Waals surface area contributed by atoms with Gasteiger partial charge < -0.3 is 19.9 Å². The second-order valence-corrected chi connectivity index (χ2v) is 12.9. The van der Waals surface area contributed by atoms with Crippen LogP contribution in [0.2, 0.25) is 5.02 Å². The van der Waals surface area contributed by atoms with Gasteiger partial charge in [0.2, 0.25) is 5.91 Å². The Hall–Kier alpha value is -3.35. The number of imidazole rings is 1. The van der Waals surface area contributed by atoms with Crippen LogP contribution in [0.1, 0.15) is 24.4 Å². The summed E-state index contributed by atoms with van der Waals surface area (Å²) in [5.74, 6) is -0.519. The molecule has 1 atom stereocenters. The Balaban J connectivity index is 1.29. The summed E-state index contributed by atoms with van der Waals surface area (Å²) in [5.41, 5.74) is 0.827. The molecule has 1 fully saturated rings. The van der Waals surface area contributed by atoms with Crippen molar-refractivity contribution < 1.29 is 27.5 Å². The summed E-state index contributed by atoms with van der Waals surface area (Å²) in [7, 11) is -4.01. The summed E-state index contributed by atoms with van der Waals surface area (Å²) in [4.78, 5) is 46.4. The summed E-state index contributed by atoms with van der Waals surface area (Å²) in [6, 6.07) is 8.11. The van der Waals surface area contributed by atoms with E-state index in [0.29, 0.717) is 48.7 Å². The molecule has 3 aromatic rings. The molecule has 1 aromatic heterocycles. The third-order valence-electron chi connectivity index (χ3n) is 7.42. The molecule has 218 valence electrons. The quantitative estimate of drug-likeness (QED) is 0.380. The van der Waals surface area contributed by atoms with Crippen LogP contribution in [0.5, 0.6) is 0 Å². The zero-order valence-corrected chi connectivity index (χ0v) is 24.6. The van der Waals surface area contributed by atoms with Crippen LogP contribution < -0.4 is 5.32 Å². The Labute approximate surface area is 247 Å². The Bertz CT molecular complexity index is 1600. The van der Waals surface area contributed by atoms with Crippen LogP contribution in [0.4, 0.5) is 9.59 Å². The van der Waals surface area contributed by atoms with E-state index in [1.807, 2.05) is 0 Å². The van der Waals surface area contributed by atoms with Crippen LogP contribution in [0, 0.1) is 6.92 Å². The molecule has 0 radical (unpaired) electrons. The molecular weight excluding hydrogens is 593 g/mol. The fourth-order valence-electron chi connectivity index (χ4n) is 5.33. The molecule has 3 amide bonds. The SMILES string of the molecule is Cc1ncc2n1C(=O)N(C1CCN(C(=O)[C@@H](CS(=O)(=O)c3ccc4cc(Cl)ccc4c3)NC(=O)OCCCl)CC1)C2. The zero-order chi connectivity index (χ0) is 29.3. The highest BCUT2D eigenvalue weighted by Crippen LogP contribution is 2.27. The van der Waals surface area contributed by atoms with Gasteiger partial charge in [-0.2, -0.15) is 0 Å². The highest BCUT2D eigenvalue weighted by atomic mass is 35.5. The molecule has 3 heterocycles. The summed E-state index contributed by atoms with van der Waals surface area (Å²) in [6.45, 7) is 2.72. The third kappa shape index (κ3) is 6.14. The van der Waals surface area contributed by atoms with Gasteiger partial charge >= 0.3 is 12.1 Å². The fourth-order valence-corrected chi connectivity index (χ4v) is 7.03. The topological polar surface area (TPSA) is 131 Å². The van der Waals surface area contributed by atoms with Crippen LogP contribution in [0.25, 0.3) is 10.8 Å². The number of alkyl halides is 1. The van der Waals surface area contributed by atoms with E-state index in [1.54, 1.807) is 46.9 Å². The van der Waals surface area contributed by atoms with Crippen molar-refractivity contribution >= 4 is 61.8 Å². The minimum absolute atomic E-state index is 0.0148. The van der Waals surface area contributed by atoms with E-state index in [2.05, 4.69) is 10.3 Å². The van der Waals surface area contributed by atoms with Crippen molar-refractivity contribution in [2.45, 2.75) is 43.3 Å². The van der Waals surface area contributed by atoms with Crippen molar-refractivity contribution in [3.05, 3.63) is 59.1 Å². The van der Waals surface area contributed by atoms with Crippen molar-refractivity contribution in [2.24, 2.45) is 0 Å². The van der Waals surface area contributed by atoms with E-state index in [4.69, 9.17) is 27.9 Å². The number of benzene rings is 2. The smallest absolute Gasteiger partial charge is 0.407 e. The molecule has 0 aliphatic carbocycles. The van der Waals surface area contributed by atoms with Crippen molar-refractivity contribution in [3.63, 3.8) is 0 Å².